The summed E-state index contributed by atoms with van der Waals surface area (Å²) in [6.45, 7) is 1.86. The molecule has 0 aliphatic rings. The van der Waals surface area contributed by atoms with Crippen molar-refractivity contribution < 1.29 is 17.9 Å². The average Bonchev–Trinajstić information content (AvgIpc) is 2.38. The minimum atomic E-state index is -4.39. The fraction of sp³-hybridized carbons (Fsp3) is 0.200. The van der Waals surface area contributed by atoms with Crippen molar-refractivity contribution in [3.8, 4) is 16.9 Å². The number of aryl methyl sites for hydroxylation is 1. The van der Waals surface area contributed by atoms with Gasteiger partial charge in [-0.05, 0) is 42.3 Å². The van der Waals surface area contributed by atoms with Crippen LogP contribution < -0.4 is 10.5 Å². The number of halogens is 3. The van der Waals surface area contributed by atoms with Gasteiger partial charge in [0.25, 0.3) is 0 Å². The molecule has 0 unspecified atom stereocenters. The molecule has 0 saturated heterocycles. The van der Waals surface area contributed by atoms with E-state index in [4.69, 9.17) is 10.5 Å². The van der Waals surface area contributed by atoms with Crippen molar-refractivity contribution >= 4 is 5.69 Å². The van der Waals surface area contributed by atoms with Gasteiger partial charge in [0.15, 0.2) is 0 Å². The molecule has 106 valence electrons. The van der Waals surface area contributed by atoms with Crippen molar-refractivity contribution in [3.63, 3.8) is 0 Å². The molecular formula is C15H14F3NO. The number of hydrogen-bond donors (Lipinski definition) is 1. The predicted molar refractivity (Wildman–Crippen MR) is 72.6 cm³/mol. The Labute approximate surface area is 115 Å². The molecule has 0 heterocycles. The van der Waals surface area contributed by atoms with Crippen LogP contribution in [0.4, 0.5) is 18.9 Å². The third kappa shape index (κ3) is 2.71. The molecular weight excluding hydrogens is 267 g/mol. The number of methoxy groups -OCH3 is 1. The molecule has 0 fully saturated rings. The van der Waals surface area contributed by atoms with Gasteiger partial charge in [0.05, 0.1) is 12.7 Å². The predicted octanol–water partition coefficient (Wildman–Crippen LogP) is 4.27. The fourth-order valence-electron chi connectivity index (χ4n) is 2.05. The number of benzene rings is 2. The Balaban J connectivity index is 2.49. The molecule has 20 heavy (non-hydrogen) atoms. The maximum Gasteiger partial charge on any atom is 0.416 e. The van der Waals surface area contributed by atoms with Gasteiger partial charge in [-0.25, -0.2) is 0 Å². The highest BCUT2D eigenvalue weighted by Crippen LogP contribution is 2.36. The number of ether oxygens (including phenoxy) is 1. The monoisotopic (exact) mass is 281 g/mol. The largest absolute Gasteiger partial charge is 0.497 e. The van der Waals surface area contributed by atoms with E-state index in [1.807, 2.05) is 13.0 Å². The van der Waals surface area contributed by atoms with E-state index in [9.17, 15) is 13.2 Å². The Morgan fingerprint density at radius 2 is 1.65 bits per heavy atom. The molecule has 0 amide bonds. The normalized spacial score (nSPS) is 11.4. The van der Waals surface area contributed by atoms with Crippen molar-refractivity contribution in [3.05, 3.63) is 47.5 Å². The van der Waals surface area contributed by atoms with Gasteiger partial charge in [-0.2, -0.15) is 13.2 Å². The minimum Gasteiger partial charge on any atom is -0.497 e. The molecule has 5 heteroatoms. The van der Waals surface area contributed by atoms with Gasteiger partial charge in [-0.3, -0.25) is 0 Å². The fourth-order valence-corrected chi connectivity index (χ4v) is 2.05. The standard InChI is InChI=1S/C15H14F3NO/c1-9-7-11(20-2)4-6-12(9)13-5-3-10(8-14(13)19)15(16,17)18/h3-8H,19H2,1-2H3. The van der Waals surface area contributed by atoms with Gasteiger partial charge >= 0.3 is 6.18 Å². The molecule has 2 nitrogen and oxygen atoms in total. The third-order valence-corrected chi connectivity index (χ3v) is 3.10. The van der Waals surface area contributed by atoms with Crippen molar-refractivity contribution in [2.45, 2.75) is 13.1 Å². The van der Waals surface area contributed by atoms with E-state index >= 15 is 0 Å². The second kappa shape index (κ2) is 5.07. The number of anilines is 1. The lowest BCUT2D eigenvalue weighted by atomic mass is 9.97. The molecule has 2 N–H and O–H groups in total. The van der Waals surface area contributed by atoms with Crippen LogP contribution in [0.1, 0.15) is 11.1 Å². The molecule has 0 spiro atoms. The molecule has 2 aromatic rings. The average molecular weight is 281 g/mol. The van der Waals surface area contributed by atoms with Crippen molar-refractivity contribution in [1.82, 2.24) is 0 Å². The zero-order valence-corrected chi connectivity index (χ0v) is 11.1. The van der Waals surface area contributed by atoms with Crippen LogP contribution in [0.25, 0.3) is 11.1 Å². The van der Waals surface area contributed by atoms with Gasteiger partial charge in [-0.1, -0.05) is 12.1 Å². The summed E-state index contributed by atoms with van der Waals surface area (Å²) in [4.78, 5) is 0. The Kier molecular flexibility index (Phi) is 3.61. The first-order valence-electron chi connectivity index (χ1n) is 5.94. The Hall–Kier alpha value is -2.17. The van der Waals surface area contributed by atoms with Crippen LogP contribution in [0.15, 0.2) is 36.4 Å². The van der Waals surface area contributed by atoms with E-state index < -0.39 is 11.7 Å². The third-order valence-electron chi connectivity index (χ3n) is 3.10. The summed E-state index contributed by atoms with van der Waals surface area (Å²) in [5.74, 6) is 0.691. The van der Waals surface area contributed by atoms with E-state index in [1.54, 1.807) is 19.2 Å². The maximum atomic E-state index is 12.6. The van der Waals surface area contributed by atoms with Gasteiger partial charge in [0, 0.05) is 11.3 Å². The van der Waals surface area contributed by atoms with Crippen LogP contribution in [0.3, 0.4) is 0 Å². The Morgan fingerprint density at radius 1 is 1.00 bits per heavy atom. The smallest absolute Gasteiger partial charge is 0.416 e. The summed E-state index contributed by atoms with van der Waals surface area (Å²) in [5, 5.41) is 0. The molecule has 0 atom stereocenters. The van der Waals surface area contributed by atoms with Crippen LogP contribution in [0.5, 0.6) is 5.75 Å². The molecule has 0 radical (unpaired) electrons. The molecule has 2 aromatic carbocycles. The lowest BCUT2D eigenvalue weighted by molar-refractivity contribution is -0.137. The highest BCUT2D eigenvalue weighted by molar-refractivity contribution is 5.79. The molecule has 0 aliphatic carbocycles. The highest BCUT2D eigenvalue weighted by atomic mass is 19.4. The van der Waals surface area contributed by atoms with Gasteiger partial charge in [0.2, 0.25) is 0 Å². The van der Waals surface area contributed by atoms with Crippen LogP contribution in [-0.4, -0.2) is 7.11 Å². The number of rotatable bonds is 2. The van der Waals surface area contributed by atoms with E-state index in [0.717, 1.165) is 23.3 Å². The summed E-state index contributed by atoms with van der Waals surface area (Å²) in [5.41, 5.74) is 7.37. The van der Waals surface area contributed by atoms with Crippen LogP contribution in [0, 0.1) is 6.92 Å². The maximum absolute atomic E-state index is 12.6. The molecule has 2 rings (SSSR count). The Bertz CT molecular complexity index is 636. The zero-order valence-electron chi connectivity index (χ0n) is 11.1. The lowest BCUT2D eigenvalue weighted by Gasteiger charge is -2.13. The summed E-state index contributed by atoms with van der Waals surface area (Å²) < 4.78 is 42.9. The zero-order chi connectivity index (χ0) is 14.9. The SMILES string of the molecule is COc1ccc(-c2ccc(C(F)(F)F)cc2N)c(C)c1. The molecule has 0 aliphatic heterocycles. The minimum absolute atomic E-state index is 0.105. The van der Waals surface area contributed by atoms with Crippen molar-refractivity contribution in [2.24, 2.45) is 0 Å². The van der Waals surface area contributed by atoms with E-state index in [0.29, 0.717) is 11.3 Å². The van der Waals surface area contributed by atoms with Crippen LogP contribution >= 0.6 is 0 Å². The summed E-state index contributed by atoms with van der Waals surface area (Å²) in [6.07, 6.45) is -4.39. The second-order valence-electron chi connectivity index (χ2n) is 4.48. The van der Waals surface area contributed by atoms with Crippen molar-refractivity contribution in [2.75, 3.05) is 12.8 Å². The first kappa shape index (κ1) is 14.2. The molecule has 0 saturated carbocycles. The quantitative estimate of drug-likeness (QED) is 0.834. The van der Waals surface area contributed by atoms with E-state index in [-0.39, 0.29) is 5.69 Å². The second-order valence-corrected chi connectivity index (χ2v) is 4.48. The summed E-state index contributed by atoms with van der Waals surface area (Å²) in [7, 11) is 1.56. The first-order chi connectivity index (χ1) is 9.32. The highest BCUT2D eigenvalue weighted by Gasteiger charge is 2.30. The molecule has 0 aromatic heterocycles. The number of hydrogen-bond acceptors (Lipinski definition) is 2. The molecule has 0 bridgehead atoms. The van der Waals surface area contributed by atoms with Gasteiger partial charge < -0.3 is 10.5 Å². The van der Waals surface area contributed by atoms with E-state index in [1.165, 1.54) is 6.07 Å². The number of nitrogens with two attached hydrogens (primary N) is 1. The van der Waals surface area contributed by atoms with Gasteiger partial charge in [0.1, 0.15) is 5.75 Å². The summed E-state index contributed by atoms with van der Waals surface area (Å²) >= 11 is 0. The van der Waals surface area contributed by atoms with Gasteiger partial charge in [-0.15, -0.1) is 0 Å². The van der Waals surface area contributed by atoms with Crippen molar-refractivity contribution in [1.29, 1.82) is 0 Å². The first-order valence-corrected chi connectivity index (χ1v) is 5.94. The number of alkyl halides is 3. The number of nitrogen functional groups attached to an aromatic ring is 1. The van der Waals surface area contributed by atoms with Crippen LogP contribution in [-0.2, 0) is 6.18 Å². The lowest BCUT2D eigenvalue weighted by Crippen LogP contribution is -2.06. The van der Waals surface area contributed by atoms with Crippen LogP contribution in [0.2, 0.25) is 0 Å². The van der Waals surface area contributed by atoms with E-state index in [2.05, 4.69) is 0 Å². The topological polar surface area (TPSA) is 35.2 Å². The summed E-state index contributed by atoms with van der Waals surface area (Å²) in [6, 6.07) is 8.74. The Morgan fingerprint density at radius 3 is 2.15 bits per heavy atom.